The largest absolute Gasteiger partial charge is 0.478 e. The van der Waals surface area contributed by atoms with E-state index < -0.39 is 5.97 Å². The fourth-order valence-electron chi connectivity index (χ4n) is 2.12. The van der Waals surface area contributed by atoms with E-state index in [1.165, 1.54) is 11.1 Å². The number of rotatable bonds is 1. The van der Waals surface area contributed by atoms with Crippen molar-refractivity contribution in [3.63, 3.8) is 0 Å². The van der Waals surface area contributed by atoms with Crippen molar-refractivity contribution < 1.29 is 24.7 Å². The van der Waals surface area contributed by atoms with Crippen LogP contribution in [-0.4, -0.2) is 11.1 Å². The summed E-state index contributed by atoms with van der Waals surface area (Å²) in [6.07, 6.45) is 0.833. The minimum absolute atomic E-state index is 0.0584. The zero-order valence-corrected chi connectivity index (χ0v) is 13.0. The highest BCUT2D eigenvalue weighted by Gasteiger charge is 2.23. The Bertz CT molecular complexity index is 622. The van der Waals surface area contributed by atoms with Crippen LogP contribution in [0.3, 0.4) is 0 Å². The van der Waals surface area contributed by atoms with Crippen LogP contribution in [-0.2, 0) is 15.2 Å². The van der Waals surface area contributed by atoms with Gasteiger partial charge in [-0.15, -0.1) is 0 Å². The van der Waals surface area contributed by atoms with E-state index in [1.807, 2.05) is 48.5 Å². The molecule has 0 aromatic heterocycles. The number of carbonyl (C=O) groups is 1. The Balaban J connectivity index is 0.000000338. The Hall–Kier alpha value is -2.79. The summed E-state index contributed by atoms with van der Waals surface area (Å²) in [5.74, 6) is 0.249. The highest BCUT2D eigenvalue weighted by atomic mass is 17.5. The van der Waals surface area contributed by atoms with Gasteiger partial charge < -0.3 is 5.11 Å². The van der Waals surface area contributed by atoms with Crippen LogP contribution in [0.15, 0.2) is 61.2 Å². The van der Waals surface area contributed by atoms with E-state index in [0.29, 0.717) is 11.5 Å². The summed E-state index contributed by atoms with van der Waals surface area (Å²) in [6, 6.07) is 15.6. The molecule has 2 aromatic rings. The molecule has 0 saturated heterocycles. The number of aliphatic carboxylic acids is 1. The Labute approximate surface area is 134 Å². The van der Waals surface area contributed by atoms with E-state index in [0.717, 1.165) is 6.08 Å². The fourth-order valence-corrected chi connectivity index (χ4v) is 2.12. The lowest BCUT2D eigenvalue weighted by molar-refractivity contribution is -0.411. The molecular formula is C18H18O5. The number of carboxylic acids is 1. The summed E-state index contributed by atoms with van der Waals surface area (Å²) in [5.41, 5.74) is 2.39. The fraction of sp³-hybridized carbons (Fsp3) is 0.167. The van der Waals surface area contributed by atoms with Gasteiger partial charge in [-0.05, 0) is 35.4 Å². The van der Waals surface area contributed by atoms with Gasteiger partial charge in [0.1, 0.15) is 0 Å². The third-order valence-electron chi connectivity index (χ3n) is 3.59. The minimum atomic E-state index is -0.981. The van der Waals surface area contributed by atoms with Crippen molar-refractivity contribution in [1.82, 2.24) is 0 Å². The van der Waals surface area contributed by atoms with Crippen LogP contribution in [0.4, 0.5) is 0 Å². The van der Waals surface area contributed by atoms with Crippen LogP contribution >= 0.6 is 0 Å². The Kier molecular flexibility index (Phi) is 5.03. The van der Waals surface area contributed by atoms with Crippen LogP contribution in [0.25, 0.3) is 0 Å². The molecule has 23 heavy (non-hydrogen) atoms. The molecule has 1 N–H and O–H groups in total. The second kappa shape index (κ2) is 6.98. The molecule has 120 valence electrons. The van der Waals surface area contributed by atoms with E-state index in [4.69, 9.17) is 19.9 Å². The molecule has 0 fully saturated rings. The number of carboxylic acid groups (broad SMARTS) is 1. The Morgan fingerprint density at radius 1 is 0.957 bits per heavy atom. The highest BCUT2D eigenvalue weighted by molar-refractivity contribution is 5.78. The number of benzene rings is 2. The zero-order chi connectivity index (χ0) is 16.9. The van der Waals surface area contributed by atoms with Gasteiger partial charge in [-0.3, -0.25) is 9.78 Å². The molecule has 2 aromatic carbocycles. The maximum atomic E-state index is 9.25. The van der Waals surface area contributed by atoms with Crippen molar-refractivity contribution in [2.75, 3.05) is 0 Å². The Morgan fingerprint density at radius 3 is 1.61 bits per heavy atom. The molecule has 4 bridgehead atoms. The molecule has 0 spiro atoms. The van der Waals surface area contributed by atoms with Crippen LogP contribution in [0.5, 0.6) is 11.5 Å². The van der Waals surface area contributed by atoms with Crippen LogP contribution in [0, 0.1) is 0 Å². The van der Waals surface area contributed by atoms with Gasteiger partial charge in [0.2, 0.25) is 0 Å². The first kappa shape index (κ1) is 16.6. The van der Waals surface area contributed by atoms with Gasteiger partial charge in [0.15, 0.2) is 11.5 Å². The molecule has 0 atom stereocenters. The van der Waals surface area contributed by atoms with E-state index in [-0.39, 0.29) is 5.41 Å². The second-order valence-electron chi connectivity index (χ2n) is 5.45. The molecule has 4 aliphatic heterocycles. The lowest BCUT2D eigenvalue weighted by atomic mass is 9.78. The maximum Gasteiger partial charge on any atom is 0.327 e. The summed E-state index contributed by atoms with van der Waals surface area (Å²) in [5, 5.41) is 12.3. The summed E-state index contributed by atoms with van der Waals surface area (Å²) in [4.78, 5) is 19.3. The van der Waals surface area contributed by atoms with Crippen LogP contribution in [0.1, 0.15) is 25.0 Å². The second-order valence-corrected chi connectivity index (χ2v) is 5.45. The van der Waals surface area contributed by atoms with Gasteiger partial charge in [0, 0.05) is 16.5 Å². The first-order valence-electron chi connectivity index (χ1n) is 7.01. The van der Waals surface area contributed by atoms with Crippen LogP contribution in [0.2, 0.25) is 0 Å². The summed E-state index contributed by atoms with van der Waals surface area (Å²) < 4.78 is 0. The Morgan fingerprint density at radius 2 is 1.30 bits per heavy atom. The number of hydrogen-bond acceptors (Lipinski definition) is 4. The topological polar surface area (TPSA) is 65.0 Å². The van der Waals surface area contributed by atoms with E-state index in [2.05, 4.69) is 20.4 Å². The molecule has 5 heteroatoms. The normalized spacial score (nSPS) is 14.2. The van der Waals surface area contributed by atoms with Gasteiger partial charge >= 0.3 is 5.97 Å². The molecule has 4 heterocycles. The standard InChI is InChI=1S/C15H14O3.C3H4O2/c1-15(2)11-3-7-13(8-4-11)16-18-17-14-9-5-12(15)6-10-14;1-2-3(4)5/h3-10H,1-2H3;2H,1H2,(H,4,5). The average molecular weight is 314 g/mol. The molecule has 6 rings (SSSR count). The van der Waals surface area contributed by atoms with E-state index in [9.17, 15) is 4.79 Å². The molecule has 0 amide bonds. The van der Waals surface area contributed by atoms with Gasteiger partial charge in [0.05, 0.1) is 0 Å². The lowest BCUT2D eigenvalue weighted by Gasteiger charge is -2.26. The van der Waals surface area contributed by atoms with Gasteiger partial charge in [-0.2, -0.15) is 0 Å². The van der Waals surface area contributed by atoms with Crippen LogP contribution < -0.4 is 9.78 Å². The van der Waals surface area contributed by atoms with Crippen molar-refractivity contribution >= 4 is 5.97 Å². The minimum Gasteiger partial charge on any atom is -0.478 e. The van der Waals surface area contributed by atoms with Crippen molar-refractivity contribution in [3.8, 4) is 11.5 Å². The lowest BCUT2D eigenvalue weighted by Crippen LogP contribution is -2.19. The molecule has 0 aliphatic carbocycles. The van der Waals surface area contributed by atoms with Gasteiger partial charge in [0.25, 0.3) is 0 Å². The highest BCUT2D eigenvalue weighted by Crippen LogP contribution is 2.33. The summed E-state index contributed by atoms with van der Waals surface area (Å²) in [7, 11) is 0. The summed E-state index contributed by atoms with van der Waals surface area (Å²) >= 11 is 0. The van der Waals surface area contributed by atoms with Crippen molar-refractivity contribution in [3.05, 3.63) is 72.3 Å². The van der Waals surface area contributed by atoms with Crippen molar-refractivity contribution in [2.45, 2.75) is 19.3 Å². The quantitative estimate of drug-likeness (QED) is 0.639. The van der Waals surface area contributed by atoms with E-state index in [1.54, 1.807) is 0 Å². The number of hydrogen-bond donors (Lipinski definition) is 1. The molecule has 0 unspecified atom stereocenters. The van der Waals surface area contributed by atoms with Crippen molar-refractivity contribution in [2.24, 2.45) is 0 Å². The molecular weight excluding hydrogens is 296 g/mol. The average Bonchev–Trinajstić information content (AvgIpc) is 2.55. The zero-order valence-electron chi connectivity index (χ0n) is 13.0. The molecule has 5 nitrogen and oxygen atoms in total. The maximum absolute atomic E-state index is 9.25. The predicted octanol–water partition coefficient (Wildman–Crippen LogP) is 3.89. The SMILES string of the molecule is C=CC(=O)O.CC1(C)c2ccc(cc2)OOOc2ccc1cc2. The molecule has 4 aliphatic rings. The third-order valence-corrected chi connectivity index (χ3v) is 3.59. The van der Waals surface area contributed by atoms with E-state index >= 15 is 0 Å². The van der Waals surface area contributed by atoms with Gasteiger partial charge in [-0.25, -0.2) is 4.79 Å². The smallest absolute Gasteiger partial charge is 0.327 e. The summed E-state index contributed by atoms with van der Waals surface area (Å²) in [6.45, 7) is 7.35. The molecule has 0 saturated carbocycles. The molecule has 0 radical (unpaired) electrons. The third kappa shape index (κ3) is 4.11. The first-order chi connectivity index (χ1) is 10.9. The predicted molar refractivity (Wildman–Crippen MR) is 85.2 cm³/mol. The van der Waals surface area contributed by atoms with Gasteiger partial charge in [-0.1, -0.05) is 44.7 Å². The monoisotopic (exact) mass is 314 g/mol. The van der Waals surface area contributed by atoms with Crippen molar-refractivity contribution in [1.29, 1.82) is 0 Å². The first-order valence-corrected chi connectivity index (χ1v) is 7.01.